The summed E-state index contributed by atoms with van der Waals surface area (Å²) in [7, 11) is 0. The second-order valence-electron chi connectivity index (χ2n) is 1.97. The molecule has 2 nitrogen and oxygen atoms in total. The molecule has 0 aromatic heterocycles. The zero-order valence-electron chi connectivity index (χ0n) is 6.09. The number of hydrogen-bond acceptors (Lipinski definition) is 3. The zero-order chi connectivity index (χ0) is 7.82. The number of nitrogens with zero attached hydrogens (tertiary/aromatic N) is 1. The molecule has 0 N–H and O–H groups in total. The molecule has 0 heterocycles. The Morgan fingerprint density at radius 2 is 2.30 bits per heavy atom. The highest BCUT2D eigenvalue weighted by Crippen LogP contribution is 2.03. The highest BCUT2D eigenvalue weighted by molar-refractivity contribution is 7.99. The predicted molar refractivity (Wildman–Crippen MR) is 42.9 cm³/mol. The summed E-state index contributed by atoms with van der Waals surface area (Å²) < 4.78 is 0. The van der Waals surface area contributed by atoms with Crippen LogP contribution in [0, 0.1) is 11.3 Å². The van der Waals surface area contributed by atoms with Gasteiger partial charge < -0.3 is 0 Å². The number of carbonyl (C=O) groups is 1. The molecule has 56 valence electrons. The third kappa shape index (κ3) is 7.51. The SMILES string of the molecule is CC(=O)CCSCCC#N. The molecule has 10 heavy (non-hydrogen) atoms. The van der Waals surface area contributed by atoms with Gasteiger partial charge in [0, 0.05) is 24.3 Å². The fraction of sp³-hybridized carbons (Fsp3) is 0.714. The number of ketones is 1. The van der Waals surface area contributed by atoms with Crippen LogP contribution < -0.4 is 0 Å². The molecular formula is C7H11NOS. The van der Waals surface area contributed by atoms with Gasteiger partial charge in [0.05, 0.1) is 6.07 Å². The Morgan fingerprint density at radius 1 is 1.60 bits per heavy atom. The molecule has 3 heteroatoms. The summed E-state index contributed by atoms with van der Waals surface area (Å²) in [6.07, 6.45) is 1.22. The van der Waals surface area contributed by atoms with E-state index in [1.807, 2.05) is 0 Å². The van der Waals surface area contributed by atoms with Crippen molar-refractivity contribution in [2.45, 2.75) is 19.8 Å². The summed E-state index contributed by atoms with van der Waals surface area (Å²) in [6, 6.07) is 2.05. The quantitative estimate of drug-likeness (QED) is 0.569. The lowest BCUT2D eigenvalue weighted by Crippen LogP contribution is -1.92. The van der Waals surface area contributed by atoms with E-state index in [1.54, 1.807) is 18.7 Å². The van der Waals surface area contributed by atoms with Crippen molar-refractivity contribution in [1.29, 1.82) is 5.26 Å². The first-order valence-corrected chi connectivity index (χ1v) is 4.37. The molecule has 0 atom stereocenters. The van der Waals surface area contributed by atoms with Gasteiger partial charge in [-0.1, -0.05) is 0 Å². The highest BCUT2D eigenvalue weighted by atomic mass is 32.2. The first-order chi connectivity index (χ1) is 4.77. The molecule has 0 fully saturated rings. The molecule has 0 saturated heterocycles. The Bertz CT molecular complexity index is 139. The van der Waals surface area contributed by atoms with E-state index in [0.29, 0.717) is 12.8 Å². The summed E-state index contributed by atoms with van der Waals surface area (Å²) in [5.41, 5.74) is 0. The Kier molecular flexibility index (Phi) is 6.30. The Morgan fingerprint density at radius 3 is 2.80 bits per heavy atom. The lowest BCUT2D eigenvalue weighted by molar-refractivity contribution is -0.116. The largest absolute Gasteiger partial charge is 0.300 e. The number of Topliss-reactive ketones (excluding diaryl/α,β-unsaturated/α-hetero) is 1. The van der Waals surface area contributed by atoms with Crippen LogP contribution in [0.1, 0.15) is 19.8 Å². The number of nitriles is 1. The van der Waals surface area contributed by atoms with Crippen LogP contribution in [0.25, 0.3) is 0 Å². The minimum Gasteiger partial charge on any atom is -0.300 e. The first kappa shape index (κ1) is 9.51. The van der Waals surface area contributed by atoms with E-state index >= 15 is 0 Å². The second kappa shape index (κ2) is 6.63. The van der Waals surface area contributed by atoms with Gasteiger partial charge in [0.15, 0.2) is 0 Å². The van der Waals surface area contributed by atoms with Crippen LogP contribution in [0.4, 0.5) is 0 Å². The van der Waals surface area contributed by atoms with Crippen molar-refractivity contribution in [3.8, 4) is 6.07 Å². The third-order valence-electron chi connectivity index (χ3n) is 0.957. The molecule has 0 aliphatic carbocycles. The molecule has 0 aliphatic heterocycles. The zero-order valence-corrected chi connectivity index (χ0v) is 6.91. The molecule has 0 amide bonds. The van der Waals surface area contributed by atoms with Crippen molar-refractivity contribution in [1.82, 2.24) is 0 Å². The van der Waals surface area contributed by atoms with E-state index in [2.05, 4.69) is 6.07 Å². The number of thioether (sulfide) groups is 1. The summed E-state index contributed by atoms with van der Waals surface area (Å²) in [5, 5.41) is 8.14. The van der Waals surface area contributed by atoms with Gasteiger partial charge in [0.1, 0.15) is 5.78 Å². The molecule has 0 spiro atoms. The molecule has 0 radical (unpaired) electrons. The minimum atomic E-state index is 0.226. The van der Waals surface area contributed by atoms with Crippen LogP contribution in [-0.2, 0) is 4.79 Å². The lowest BCUT2D eigenvalue weighted by atomic mass is 10.4. The second-order valence-corrected chi connectivity index (χ2v) is 3.20. The van der Waals surface area contributed by atoms with Gasteiger partial charge in [0.2, 0.25) is 0 Å². The van der Waals surface area contributed by atoms with E-state index in [-0.39, 0.29) is 5.78 Å². The Balaban J connectivity index is 2.92. The predicted octanol–water partition coefficient (Wildman–Crippen LogP) is 1.61. The average Bonchev–Trinajstić information content (AvgIpc) is 1.87. The molecule has 0 aromatic rings. The van der Waals surface area contributed by atoms with E-state index in [0.717, 1.165) is 11.5 Å². The van der Waals surface area contributed by atoms with E-state index < -0.39 is 0 Å². The van der Waals surface area contributed by atoms with Gasteiger partial charge >= 0.3 is 0 Å². The van der Waals surface area contributed by atoms with Gasteiger partial charge in [0.25, 0.3) is 0 Å². The van der Waals surface area contributed by atoms with Gasteiger partial charge in [-0.3, -0.25) is 4.79 Å². The standard InChI is InChI=1S/C7H11NOS/c1-7(9)3-6-10-5-2-4-8/h2-3,5-6H2,1H3. The molecule has 0 aromatic carbocycles. The maximum absolute atomic E-state index is 10.4. The molecule has 0 rings (SSSR count). The maximum atomic E-state index is 10.4. The van der Waals surface area contributed by atoms with Gasteiger partial charge in [-0.05, 0) is 6.92 Å². The fourth-order valence-corrected chi connectivity index (χ4v) is 1.31. The fourth-order valence-electron chi connectivity index (χ4n) is 0.436. The first-order valence-electron chi connectivity index (χ1n) is 3.21. The van der Waals surface area contributed by atoms with Crippen LogP contribution >= 0.6 is 11.8 Å². The number of hydrogen-bond donors (Lipinski definition) is 0. The monoisotopic (exact) mass is 157 g/mol. The van der Waals surface area contributed by atoms with Crippen LogP contribution in [-0.4, -0.2) is 17.3 Å². The molecule has 0 aliphatic rings. The third-order valence-corrected chi connectivity index (χ3v) is 1.94. The highest BCUT2D eigenvalue weighted by Gasteiger charge is 1.92. The molecular weight excluding hydrogens is 146 g/mol. The topological polar surface area (TPSA) is 40.9 Å². The summed E-state index contributed by atoms with van der Waals surface area (Å²) >= 11 is 1.66. The lowest BCUT2D eigenvalue weighted by Gasteiger charge is -1.93. The van der Waals surface area contributed by atoms with E-state index in [4.69, 9.17) is 5.26 Å². The van der Waals surface area contributed by atoms with Crippen LogP contribution in [0.3, 0.4) is 0 Å². The van der Waals surface area contributed by atoms with Gasteiger partial charge in [-0.2, -0.15) is 17.0 Å². The maximum Gasteiger partial charge on any atom is 0.130 e. The summed E-state index contributed by atoms with van der Waals surface area (Å²) in [6.45, 7) is 1.59. The molecule has 0 unspecified atom stereocenters. The summed E-state index contributed by atoms with van der Waals surface area (Å²) in [4.78, 5) is 10.4. The van der Waals surface area contributed by atoms with E-state index in [1.165, 1.54) is 0 Å². The van der Waals surface area contributed by atoms with Crippen molar-refractivity contribution < 1.29 is 4.79 Å². The van der Waals surface area contributed by atoms with Crippen molar-refractivity contribution in [3.05, 3.63) is 0 Å². The number of rotatable bonds is 5. The van der Waals surface area contributed by atoms with Crippen molar-refractivity contribution >= 4 is 17.5 Å². The summed E-state index contributed by atoms with van der Waals surface area (Å²) in [5.74, 6) is 1.94. The average molecular weight is 157 g/mol. The number of carbonyl (C=O) groups excluding carboxylic acids is 1. The minimum absolute atomic E-state index is 0.226. The molecule has 0 saturated carbocycles. The van der Waals surface area contributed by atoms with Crippen molar-refractivity contribution in [2.75, 3.05) is 11.5 Å². The van der Waals surface area contributed by atoms with Gasteiger partial charge in [-0.15, -0.1) is 0 Å². The Labute approximate surface area is 65.6 Å². The van der Waals surface area contributed by atoms with Crippen molar-refractivity contribution in [2.24, 2.45) is 0 Å². The van der Waals surface area contributed by atoms with Crippen LogP contribution in [0.15, 0.2) is 0 Å². The van der Waals surface area contributed by atoms with Crippen LogP contribution in [0.5, 0.6) is 0 Å². The van der Waals surface area contributed by atoms with Crippen molar-refractivity contribution in [3.63, 3.8) is 0 Å². The Hall–Kier alpha value is -0.490. The molecule has 0 bridgehead atoms. The smallest absolute Gasteiger partial charge is 0.130 e. The van der Waals surface area contributed by atoms with Gasteiger partial charge in [-0.25, -0.2) is 0 Å². The normalized spacial score (nSPS) is 8.80. The van der Waals surface area contributed by atoms with E-state index in [9.17, 15) is 4.79 Å². The van der Waals surface area contributed by atoms with Crippen LogP contribution in [0.2, 0.25) is 0 Å².